The molecule has 0 aliphatic carbocycles. The van der Waals surface area contributed by atoms with Crippen LogP contribution in [-0.4, -0.2) is 23.0 Å². The van der Waals surface area contributed by atoms with Crippen LogP contribution in [0.2, 0.25) is 0 Å². The first-order valence-corrected chi connectivity index (χ1v) is 3.74. The van der Waals surface area contributed by atoms with Gasteiger partial charge in [0.05, 0.1) is 0 Å². The van der Waals surface area contributed by atoms with Gasteiger partial charge < -0.3 is 0 Å². The van der Waals surface area contributed by atoms with E-state index in [0.717, 1.165) is 18.1 Å². The zero-order chi connectivity index (χ0) is 5.14. The fourth-order valence-electron chi connectivity index (χ4n) is 2.61. The Hall–Kier alpha value is -0.0400. The lowest BCUT2D eigenvalue weighted by Crippen LogP contribution is -2.33. The molecule has 0 spiro atoms. The first-order valence-electron chi connectivity index (χ1n) is 3.74. The second-order valence-corrected chi connectivity index (χ2v) is 3.40. The van der Waals surface area contributed by atoms with Crippen molar-refractivity contribution in [2.45, 2.75) is 43.8 Å². The summed E-state index contributed by atoms with van der Waals surface area (Å²) in [4.78, 5) is 2.70. The Balaban J connectivity index is 1.93. The van der Waals surface area contributed by atoms with E-state index in [9.17, 15) is 0 Å². The van der Waals surface area contributed by atoms with Crippen LogP contribution in [0, 0.1) is 0 Å². The lowest BCUT2D eigenvalue weighted by Gasteiger charge is -2.28. The first kappa shape index (κ1) is 3.89. The number of hydrogen-bond donors (Lipinski definition) is 0. The van der Waals surface area contributed by atoms with Crippen LogP contribution in [0.25, 0.3) is 0 Å². The highest BCUT2D eigenvalue weighted by Crippen LogP contribution is 2.53. The van der Waals surface area contributed by atoms with Crippen LogP contribution in [0.4, 0.5) is 0 Å². The van der Waals surface area contributed by atoms with E-state index < -0.39 is 0 Å². The van der Waals surface area contributed by atoms with Gasteiger partial charge in [0.2, 0.25) is 0 Å². The third-order valence-corrected chi connectivity index (χ3v) is 3.09. The van der Waals surface area contributed by atoms with Crippen LogP contribution in [0.5, 0.6) is 0 Å². The van der Waals surface area contributed by atoms with Crippen molar-refractivity contribution in [2.75, 3.05) is 0 Å². The van der Waals surface area contributed by atoms with Gasteiger partial charge in [0.15, 0.2) is 0 Å². The smallest absolute Gasteiger partial charge is 0.0273 e. The highest BCUT2D eigenvalue weighted by atomic mass is 15.4. The van der Waals surface area contributed by atoms with E-state index in [4.69, 9.17) is 0 Å². The molecule has 1 heteroatoms. The molecule has 4 atom stereocenters. The van der Waals surface area contributed by atoms with Crippen LogP contribution in [0.1, 0.15) is 25.7 Å². The Bertz CT molecular complexity index is 119. The summed E-state index contributed by atoms with van der Waals surface area (Å²) in [5, 5.41) is 0. The van der Waals surface area contributed by atoms with E-state index in [1.165, 1.54) is 19.3 Å². The minimum absolute atomic E-state index is 1.05. The van der Waals surface area contributed by atoms with Gasteiger partial charge in [0, 0.05) is 18.1 Å². The highest BCUT2D eigenvalue weighted by molar-refractivity contribution is 5.17. The Kier molecular flexibility index (Phi) is 0.472. The van der Waals surface area contributed by atoms with Crippen LogP contribution >= 0.6 is 0 Å². The minimum Gasteiger partial charge on any atom is -0.291 e. The molecular weight excluding hydrogens is 98.1 g/mol. The lowest BCUT2D eigenvalue weighted by atomic mass is 10.0. The predicted octanol–water partition coefficient (Wildman–Crippen LogP) is 0.995. The van der Waals surface area contributed by atoms with Gasteiger partial charge in [0.25, 0.3) is 0 Å². The van der Waals surface area contributed by atoms with Gasteiger partial charge in [-0.15, -0.1) is 0 Å². The largest absolute Gasteiger partial charge is 0.291 e. The van der Waals surface area contributed by atoms with Crippen LogP contribution < -0.4 is 0 Å². The van der Waals surface area contributed by atoms with E-state index in [2.05, 4.69) is 4.90 Å². The lowest BCUT2D eigenvalue weighted by molar-refractivity contribution is 0.204. The quantitative estimate of drug-likeness (QED) is 0.419. The standard InChI is InChI=1S/C7H11N/c1-2-5-4-7-6(3-1)8(5)7/h5-7H,1-4H2. The molecule has 0 aromatic heterocycles. The highest BCUT2D eigenvalue weighted by Gasteiger charge is 2.61. The molecule has 0 radical (unpaired) electrons. The molecule has 3 aliphatic rings. The first-order chi connectivity index (χ1) is 3.97. The maximum atomic E-state index is 2.70. The number of rotatable bonds is 0. The van der Waals surface area contributed by atoms with Crippen molar-refractivity contribution in [3.63, 3.8) is 0 Å². The Labute approximate surface area is 49.7 Å². The molecule has 3 aliphatic heterocycles. The molecule has 1 nitrogen and oxygen atoms in total. The van der Waals surface area contributed by atoms with Crippen molar-refractivity contribution in [1.29, 1.82) is 0 Å². The number of piperidine rings is 1. The molecular formula is C7H11N. The Morgan fingerprint density at radius 2 is 2.12 bits per heavy atom. The summed E-state index contributed by atoms with van der Waals surface area (Å²) in [5.41, 5.74) is 0. The van der Waals surface area contributed by atoms with Crippen molar-refractivity contribution in [3.05, 3.63) is 0 Å². The van der Waals surface area contributed by atoms with Crippen LogP contribution in [0.3, 0.4) is 0 Å². The third kappa shape index (κ3) is 0.255. The molecule has 3 heterocycles. The number of fused-ring (bicyclic) bond motifs is 1. The van der Waals surface area contributed by atoms with E-state index >= 15 is 0 Å². The second-order valence-electron chi connectivity index (χ2n) is 3.40. The zero-order valence-corrected chi connectivity index (χ0v) is 5.01. The molecule has 0 aromatic rings. The molecule has 3 rings (SSSR count). The normalized spacial score (nSPS) is 66.0. The van der Waals surface area contributed by atoms with Gasteiger partial charge in [-0.1, -0.05) is 6.42 Å². The average molecular weight is 109 g/mol. The second kappa shape index (κ2) is 0.971. The molecule has 0 N–H and O–H groups in total. The molecule has 3 fully saturated rings. The van der Waals surface area contributed by atoms with Gasteiger partial charge in [-0.2, -0.15) is 0 Å². The number of nitrogens with zero attached hydrogens (tertiary/aromatic N) is 1. The van der Waals surface area contributed by atoms with Gasteiger partial charge >= 0.3 is 0 Å². The fraction of sp³-hybridized carbons (Fsp3) is 1.00. The summed E-state index contributed by atoms with van der Waals surface area (Å²) in [6, 6.07) is 3.22. The number of hydrogen-bond acceptors (Lipinski definition) is 1. The van der Waals surface area contributed by atoms with Crippen LogP contribution in [0.15, 0.2) is 0 Å². The summed E-state index contributed by atoms with van der Waals surface area (Å²) >= 11 is 0. The molecule has 0 saturated carbocycles. The third-order valence-electron chi connectivity index (χ3n) is 3.09. The van der Waals surface area contributed by atoms with Crippen molar-refractivity contribution >= 4 is 0 Å². The molecule has 3 saturated heterocycles. The van der Waals surface area contributed by atoms with Crippen molar-refractivity contribution in [3.8, 4) is 0 Å². The summed E-state index contributed by atoms with van der Waals surface area (Å²) in [6.45, 7) is 0. The molecule has 8 heavy (non-hydrogen) atoms. The van der Waals surface area contributed by atoms with Crippen LogP contribution in [-0.2, 0) is 0 Å². The van der Waals surface area contributed by atoms with Gasteiger partial charge in [-0.05, 0) is 19.3 Å². The van der Waals surface area contributed by atoms with E-state index in [-0.39, 0.29) is 0 Å². The van der Waals surface area contributed by atoms with Gasteiger partial charge in [-0.3, -0.25) is 4.90 Å². The van der Waals surface area contributed by atoms with E-state index in [1.807, 2.05) is 0 Å². The maximum Gasteiger partial charge on any atom is 0.0273 e. The van der Waals surface area contributed by atoms with Crippen molar-refractivity contribution < 1.29 is 0 Å². The summed E-state index contributed by atoms with van der Waals surface area (Å²) in [6.07, 6.45) is 6.08. The molecule has 4 unspecified atom stereocenters. The maximum absolute atomic E-state index is 2.70. The summed E-state index contributed by atoms with van der Waals surface area (Å²) in [7, 11) is 0. The van der Waals surface area contributed by atoms with E-state index in [0.29, 0.717) is 0 Å². The molecule has 0 bridgehead atoms. The van der Waals surface area contributed by atoms with Crippen molar-refractivity contribution in [1.82, 2.24) is 4.90 Å². The molecule has 0 amide bonds. The van der Waals surface area contributed by atoms with E-state index in [1.54, 1.807) is 6.42 Å². The predicted molar refractivity (Wildman–Crippen MR) is 31.7 cm³/mol. The fourth-order valence-corrected chi connectivity index (χ4v) is 2.61. The topological polar surface area (TPSA) is 3.01 Å². The monoisotopic (exact) mass is 109 g/mol. The molecule has 0 aromatic carbocycles. The Morgan fingerprint density at radius 1 is 1.12 bits per heavy atom. The van der Waals surface area contributed by atoms with Gasteiger partial charge in [0.1, 0.15) is 0 Å². The summed E-state index contributed by atoms with van der Waals surface area (Å²) in [5.74, 6) is 0. The Morgan fingerprint density at radius 3 is 2.88 bits per heavy atom. The summed E-state index contributed by atoms with van der Waals surface area (Å²) < 4.78 is 0. The SMILES string of the molecule is C1CC2CC3C(C1)N23. The average Bonchev–Trinajstić information content (AvgIpc) is 2.33. The van der Waals surface area contributed by atoms with Crippen molar-refractivity contribution in [2.24, 2.45) is 0 Å². The molecule has 44 valence electrons. The van der Waals surface area contributed by atoms with Gasteiger partial charge in [-0.25, -0.2) is 0 Å². The zero-order valence-electron chi connectivity index (χ0n) is 5.01. The minimum atomic E-state index is 1.05.